The van der Waals surface area contributed by atoms with Crippen LogP contribution in [-0.2, 0) is 5.60 Å². The summed E-state index contributed by atoms with van der Waals surface area (Å²) < 4.78 is 0.757. The minimum absolute atomic E-state index is 0.280. The van der Waals surface area contributed by atoms with Gasteiger partial charge in [-0.1, -0.05) is 18.5 Å². The topological polar surface area (TPSA) is 20.2 Å². The van der Waals surface area contributed by atoms with Gasteiger partial charge in [-0.25, -0.2) is 0 Å². The smallest absolute Gasteiger partial charge is 0.111 e. The third kappa shape index (κ3) is 1.63. The maximum Gasteiger partial charge on any atom is 0.111 e. The lowest BCUT2D eigenvalue weighted by Gasteiger charge is -2.25. The standard InChI is InChI=1S/C9H11ClOS2/c1-6-9(11,4-5-12-6)7-2-3-8(10)13-7/h2-3,6,11H,4-5H2,1H3. The molecule has 1 aromatic heterocycles. The third-order valence-electron chi connectivity index (χ3n) is 2.52. The van der Waals surface area contributed by atoms with E-state index >= 15 is 0 Å². The summed E-state index contributed by atoms with van der Waals surface area (Å²) in [4.78, 5) is 1.01. The molecule has 1 aliphatic rings. The van der Waals surface area contributed by atoms with Crippen LogP contribution in [0.3, 0.4) is 0 Å². The number of aliphatic hydroxyl groups is 1. The van der Waals surface area contributed by atoms with Crippen LogP contribution in [0, 0.1) is 0 Å². The quantitative estimate of drug-likeness (QED) is 0.806. The predicted molar refractivity (Wildman–Crippen MR) is 59.8 cm³/mol. The highest BCUT2D eigenvalue weighted by atomic mass is 35.5. The van der Waals surface area contributed by atoms with E-state index in [2.05, 4.69) is 6.92 Å². The first kappa shape index (κ1) is 9.84. The van der Waals surface area contributed by atoms with Crippen LogP contribution in [0.4, 0.5) is 0 Å². The first-order chi connectivity index (χ1) is 6.13. The van der Waals surface area contributed by atoms with Crippen molar-refractivity contribution in [2.24, 2.45) is 0 Å². The van der Waals surface area contributed by atoms with Gasteiger partial charge in [0.05, 0.1) is 4.34 Å². The molecule has 1 saturated heterocycles. The highest BCUT2D eigenvalue weighted by Crippen LogP contribution is 2.45. The second-order valence-electron chi connectivity index (χ2n) is 3.29. The number of hydrogen-bond acceptors (Lipinski definition) is 3. The van der Waals surface area contributed by atoms with E-state index in [1.807, 2.05) is 23.9 Å². The van der Waals surface area contributed by atoms with Gasteiger partial charge in [0.2, 0.25) is 0 Å². The Morgan fingerprint density at radius 3 is 2.85 bits per heavy atom. The van der Waals surface area contributed by atoms with Gasteiger partial charge in [0.25, 0.3) is 0 Å². The van der Waals surface area contributed by atoms with Gasteiger partial charge in [0, 0.05) is 10.1 Å². The molecule has 1 N–H and O–H groups in total. The fourth-order valence-corrected chi connectivity index (χ4v) is 4.23. The fourth-order valence-electron chi connectivity index (χ4n) is 1.60. The molecule has 2 unspecified atom stereocenters. The zero-order valence-electron chi connectivity index (χ0n) is 7.29. The van der Waals surface area contributed by atoms with Crippen molar-refractivity contribution in [1.82, 2.24) is 0 Å². The monoisotopic (exact) mass is 234 g/mol. The molecule has 0 aromatic carbocycles. The summed E-state index contributed by atoms with van der Waals surface area (Å²) in [5.74, 6) is 1.03. The molecule has 1 nitrogen and oxygen atoms in total. The Labute approximate surface area is 91.1 Å². The van der Waals surface area contributed by atoms with Gasteiger partial charge in [0.15, 0.2) is 0 Å². The molecule has 2 atom stereocenters. The molecule has 2 rings (SSSR count). The molecule has 0 saturated carbocycles. The van der Waals surface area contributed by atoms with E-state index in [1.165, 1.54) is 11.3 Å². The zero-order chi connectivity index (χ0) is 9.47. The lowest BCUT2D eigenvalue weighted by molar-refractivity contribution is 0.0465. The highest BCUT2D eigenvalue weighted by molar-refractivity contribution is 8.00. The van der Waals surface area contributed by atoms with Crippen molar-refractivity contribution < 1.29 is 5.11 Å². The maximum atomic E-state index is 10.4. The van der Waals surface area contributed by atoms with Gasteiger partial charge < -0.3 is 5.11 Å². The van der Waals surface area contributed by atoms with E-state index in [4.69, 9.17) is 11.6 Å². The van der Waals surface area contributed by atoms with Crippen molar-refractivity contribution in [1.29, 1.82) is 0 Å². The first-order valence-electron chi connectivity index (χ1n) is 4.23. The van der Waals surface area contributed by atoms with Crippen molar-refractivity contribution in [3.63, 3.8) is 0 Å². The Hall–Kier alpha value is 0.300. The minimum atomic E-state index is -0.636. The summed E-state index contributed by atoms with van der Waals surface area (Å²) >= 11 is 9.16. The zero-order valence-corrected chi connectivity index (χ0v) is 9.68. The van der Waals surface area contributed by atoms with E-state index in [0.717, 1.165) is 21.4 Å². The summed E-state index contributed by atoms with van der Waals surface area (Å²) in [5, 5.41) is 10.7. The van der Waals surface area contributed by atoms with Crippen molar-refractivity contribution in [3.05, 3.63) is 21.3 Å². The average Bonchev–Trinajstić information content (AvgIpc) is 2.62. The average molecular weight is 235 g/mol. The van der Waals surface area contributed by atoms with Crippen LogP contribution in [0.2, 0.25) is 4.34 Å². The summed E-state index contributed by atoms with van der Waals surface area (Å²) in [6.45, 7) is 2.07. The van der Waals surface area contributed by atoms with Gasteiger partial charge >= 0.3 is 0 Å². The third-order valence-corrected chi connectivity index (χ3v) is 5.25. The van der Waals surface area contributed by atoms with E-state index in [0.29, 0.717) is 0 Å². The van der Waals surface area contributed by atoms with Crippen LogP contribution in [0.15, 0.2) is 12.1 Å². The van der Waals surface area contributed by atoms with Crippen molar-refractivity contribution in [2.45, 2.75) is 24.2 Å². The molecule has 13 heavy (non-hydrogen) atoms. The Morgan fingerprint density at radius 2 is 2.38 bits per heavy atom. The molecule has 0 amide bonds. The fraction of sp³-hybridized carbons (Fsp3) is 0.556. The molecule has 0 radical (unpaired) electrons. The lowest BCUT2D eigenvalue weighted by atomic mass is 9.96. The molecule has 0 aliphatic carbocycles. The number of thiophene rings is 1. The largest absolute Gasteiger partial charge is 0.383 e. The van der Waals surface area contributed by atoms with Crippen molar-refractivity contribution >= 4 is 34.7 Å². The first-order valence-corrected chi connectivity index (χ1v) is 6.47. The van der Waals surface area contributed by atoms with Gasteiger partial charge in [-0.3, -0.25) is 0 Å². The van der Waals surface area contributed by atoms with Gasteiger partial charge in [-0.2, -0.15) is 11.8 Å². The summed E-state index contributed by atoms with van der Waals surface area (Å²) in [5.41, 5.74) is -0.636. The van der Waals surface area contributed by atoms with Crippen molar-refractivity contribution in [3.8, 4) is 0 Å². The normalized spacial score (nSPS) is 33.9. The highest BCUT2D eigenvalue weighted by Gasteiger charge is 2.41. The van der Waals surface area contributed by atoms with Gasteiger partial charge in [0.1, 0.15) is 5.60 Å². The Balaban J connectivity index is 2.33. The number of halogens is 1. The van der Waals surface area contributed by atoms with Crippen LogP contribution in [0.25, 0.3) is 0 Å². The molecular weight excluding hydrogens is 224 g/mol. The molecule has 1 aromatic rings. The number of thioether (sulfide) groups is 1. The van der Waals surface area contributed by atoms with Crippen LogP contribution in [0.1, 0.15) is 18.2 Å². The molecule has 0 spiro atoms. The SMILES string of the molecule is CC1SCCC1(O)c1ccc(Cl)s1. The summed E-state index contributed by atoms with van der Waals surface area (Å²) in [6.07, 6.45) is 0.843. The minimum Gasteiger partial charge on any atom is -0.383 e. The van der Waals surface area contributed by atoms with Crippen LogP contribution in [0.5, 0.6) is 0 Å². The van der Waals surface area contributed by atoms with E-state index < -0.39 is 5.60 Å². The van der Waals surface area contributed by atoms with E-state index in [9.17, 15) is 5.11 Å². The predicted octanol–water partition coefficient (Wildman–Crippen LogP) is 3.11. The van der Waals surface area contributed by atoms with Gasteiger partial charge in [-0.05, 0) is 24.3 Å². The van der Waals surface area contributed by atoms with Crippen LogP contribution >= 0.6 is 34.7 Å². The van der Waals surface area contributed by atoms with Crippen molar-refractivity contribution in [2.75, 3.05) is 5.75 Å². The Kier molecular flexibility index (Phi) is 2.62. The summed E-state index contributed by atoms with van der Waals surface area (Å²) in [6, 6.07) is 3.80. The van der Waals surface area contributed by atoms with Crippen LogP contribution in [-0.4, -0.2) is 16.1 Å². The molecular formula is C9H11ClOS2. The Morgan fingerprint density at radius 1 is 1.62 bits per heavy atom. The molecule has 0 bridgehead atoms. The number of hydrogen-bond donors (Lipinski definition) is 1. The maximum absolute atomic E-state index is 10.4. The molecule has 1 aliphatic heterocycles. The molecule has 1 fully saturated rings. The lowest BCUT2D eigenvalue weighted by Crippen LogP contribution is -2.30. The molecule has 4 heteroatoms. The summed E-state index contributed by atoms with van der Waals surface area (Å²) in [7, 11) is 0. The van der Waals surface area contributed by atoms with Crippen LogP contribution < -0.4 is 0 Å². The molecule has 72 valence electrons. The number of rotatable bonds is 1. The van der Waals surface area contributed by atoms with E-state index in [-0.39, 0.29) is 5.25 Å². The Bertz CT molecular complexity index is 312. The van der Waals surface area contributed by atoms with Gasteiger partial charge in [-0.15, -0.1) is 11.3 Å². The molecule has 2 heterocycles. The van der Waals surface area contributed by atoms with E-state index in [1.54, 1.807) is 0 Å². The second kappa shape index (κ2) is 3.46. The second-order valence-corrected chi connectivity index (χ2v) is 6.45.